The maximum absolute atomic E-state index is 12.9. The molecule has 0 spiro atoms. The topological polar surface area (TPSA) is 131 Å². The number of fused-ring (bicyclic) bond motifs is 1. The third-order valence-electron chi connectivity index (χ3n) is 5.01. The van der Waals surface area contributed by atoms with E-state index in [0.717, 1.165) is 0 Å². The first-order chi connectivity index (χ1) is 16.7. The molecule has 0 saturated carbocycles. The number of aromatic nitrogens is 3. The molecule has 0 unspecified atom stereocenters. The van der Waals surface area contributed by atoms with Crippen molar-refractivity contribution in [2.75, 3.05) is 7.11 Å². The molecule has 2 aromatic heterocycles. The number of azo groups is 1. The van der Waals surface area contributed by atoms with Crippen molar-refractivity contribution in [3.05, 3.63) is 72.2 Å². The molecule has 2 aromatic carbocycles. The minimum Gasteiger partial charge on any atom is -0.505 e. The molecule has 2 heterocycles. The van der Waals surface area contributed by atoms with Crippen LogP contribution in [0.25, 0.3) is 16.7 Å². The van der Waals surface area contributed by atoms with E-state index in [1.807, 2.05) is 32.9 Å². The van der Waals surface area contributed by atoms with Crippen molar-refractivity contribution < 1.29 is 19.4 Å². The number of ether oxygens (including phenoxy) is 1. The Balaban J connectivity index is 1.89. The van der Waals surface area contributed by atoms with Crippen LogP contribution < -0.4 is 5.32 Å². The summed E-state index contributed by atoms with van der Waals surface area (Å²) in [4.78, 5) is 33.7. The lowest BCUT2D eigenvalue weighted by molar-refractivity contribution is 0.0601. The number of nitrogens with one attached hydrogen (secondary N) is 1. The minimum absolute atomic E-state index is 0.0579. The molecule has 0 fully saturated rings. The van der Waals surface area contributed by atoms with E-state index in [-0.39, 0.29) is 34.3 Å². The molecule has 1 amide bonds. The number of hydrogen-bond acceptors (Lipinski definition) is 8. The zero-order chi connectivity index (χ0) is 25.2. The smallest absolute Gasteiger partial charge is 0.341 e. The van der Waals surface area contributed by atoms with Crippen molar-refractivity contribution in [3.63, 3.8) is 0 Å². The summed E-state index contributed by atoms with van der Waals surface area (Å²) in [6.07, 6.45) is 4.68. The number of amides is 1. The van der Waals surface area contributed by atoms with Crippen LogP contribution in [0.5, 0.6) is 5.75 Å². The van der Waals surface area contributed by atoms with E-state index < -0.39 is 17.4 Å². The fourth-order valence-corrected chi connectivity index (χ4v) is 3.47. The first-order valence-corrected chi connectivity index (χ1v) is 10.8. The largest absolute Gasteiger partial charge is 0.505 e. The quantitative estimate of drug-likeness (QED) is 0.315. The van der Waals surface area contributed by atoms with E-state index in [4.69, 9.17) is 4.74 Å². The third-order valence-corrected chi connectivity index (χ3v) is 5.01. The second kappa shape index (κ2) is 9.34. The van der Waals surface area contributed by atoms with E-state index in [0.29, 0.717) is 10.8 Å². The molecular weight excluding hydrogens is 448 g/mol. The summed E-state index contributed by atoms with van der Waals surface area (Å²) in [5.74, 6) is -1.03. The molecule has 0 radical (unpaired) electrons. The molecule has 0 aliphatic carbocycles. The summed E-state index contributed by atoms with van der Waals surface area (Å²) in [6, 6.07) is 12.0. The summed E-state index contributed by atoms with van der Waals surface area (Å²) in [5, 5.41) is 23.7. The van der Waals surface area contributed by atoms with Gasteiger partial charge in [0.25, 0.3) is 5.91 Å². The van der Waals surface area contributed by atoms with Crippen molar-refractivity contribution in [3.8, 4) is 11.7 Å². The number of rotatable bonds is 5. The van der Waals surface area contributed by atoms with Crippen LogP contribution in [0.4, 0.5) is 11.5 Å². The molecule has 2 N–H and O–H groups in total. The number of methoxy groups -OCH3 is 1. The predicted octanol–water partition coefficient (Wildman–Crippen LogP) is 4.86. The highest BCUT2D eigenvalue weighted by Crippen LogP contribution is 2.40. The molecule has 4 aromatic rings. The van der Waals surface area contributed by atoms with Gasteiger partial charge in [0, 0.05) is 29.5 Å². The number of phenolic OH excluding ortho intramolecular Hbond substituents is 1. The summed E-state index contributed by atoms with van der Waals surface area (Å²) in [7, 11) is 1.26. The number of phenols is 1. The molecule has 4 rings (SSSR count). The van der Waals surface area contributed by atoms with E-state index >= 15 is 0 Å². The van der Waals surface area contributed by atoms with Crippen molar-refractivity contribution in [1.29, 1.82) is 0 Å². The molecule has 0 aliphatic rings. The van der Waals surface area contributed by atoms with Gasteiger partial charge in [-0.1, -0.05) is 24.3 Å². The molecule has 178 valence electrons. The van der Waals surface area contributed by atoms with Crippen LogP contribution in [0.3, 0.4) is 0 Å². The van der Waals surface area contributed by atoms with Gasteiger partial charge in [0.15, 0.2) is 11.6 Å². The first kappa shape index (κ1) is 23.6. The van der Waals surface area contributed by atoms with Gasteiger partial charge in [0.2, 0.25) is 5.95 Å². The van der Waals surface area contributed by atoms with Crippen LogP contribution >= 0.6 is 0 Å². The second-order valence-electron chi connectivity index (χ2n) is 8.71. The van der Waals surface area contributed by atoms with Gasteiger partial charge in [0.05, 0.1) is 12.7 Å². The van der Waals surface area contributed by atoms with Crippen molar-refractivity contribution >= 4 is 34.2 Å². The number of esters is 1. The molecule has 10 heteroatoms. The number of carbonyl (C=O) groups excluding carboxylic acids is 2. The third kappa shape index (κ3) is 4.86. The van der Waals surface area contributed by atoms with Gasteiger partial charge >= 0.3 is 5.97 Å². The Bertz CT molecular complexity index is 1440. The summed E-state index contributed by atoms with van der Waals surface area (Å²) in [6.45, 7) is 5.54. The van der Waals surface area contributed by atoms with Gasteiger partial charge in [-0.15, -0.1) is 10.2 Å². The molecule has 0 bridgehead atoms. The summed E-state index contributed by atoms with van der Waals surface area (Å²) < 4.78 is 6.35. The maximum atomic E-state index is 12.9. The van der Waals surface area contributed by atoms with Gasteiger partial charge in [-0.05, 0) is 44.4 Å². The standard InChI is InChI=1S/C25H24N6O4/c1-25(2,3)28-22(33)18-14-15-8-5-6-9-16(15)19(20(18)32)29-30-21-17(23(34)35-4)10-13-31(21)24-26-11-7-12-27-24/h5-14,32H,1-4H3,(H,28,33)/b30-29+. The Morgan fingerprint density at radius 1 is 1.03 bits per heavy atom. The number of nitrogens with zero attached hydrogens (tertiary/aromatic N) is 5. The lowest BCUT2D eigenvalue weighted by Crippen LogP contribution is -2.40. The fourth-order valence-electron chi connectivity index (χ4n) is 3.47. The lowest BCUT2D eigenvalue weighted by atomic mass is 10.0. The Hall–Kier alpha value is -4.60. The number of hydrogen-bond donors (Lipinski definition) is 2. The van der Waals surface area contributed by atoms with Gasteiger partial charge < -0.3 is 15.2 Å². The highest BCUT2D eigenvalue weighted by molar-refractivity contribution is 6.07. The van der Waals surface area contributed by atoms with Crippen LogP contribution in [-0.4, -0.2) is 44.2 Å². The number of aromatic hydroxyl groups is 1. The lowest BCUT2D eigenvalue weighted by Gasteiger charge is -2.21. The van der Waals surface area contributed by atoms with Gasteiger partial charge in [-0.25, -0.2) is 14.8 Å². The van der Waals surface area contributed by atoms with Crippen LogP contribution in [-0.2, 0) is 4.74 Å². The predicted molar refractivity (Wildman–Crippen MR) is 130 cm³/mol. The zero-order valence-electron chi connectivity index (χ0n) is 19.7. The molecular formula is C25H24N6O4. The molecule has 0 aliphatic heterocycles. The fraction of sp³-hybridized carbons (Fsp3) is 0.200. The van der Waals surface area contributed by atoms with Crippen molar-refractivity contribution in [2.24, 2.45) is 10.2 Å². The molecule has 10 nitrogen and oxygen atoms in total. The SMILES string of the molecule is COC(=O)c1ccn(-c2ncccn2)c1/N=N/c1c(O)c(C(=O)NC(C)(C)C)cc2ccccc12. The Kier molecular flexibility index (Phi) is 6.28. The number of carbonyl (C=O) groups is 2. The normalized spacial score (nSPS) is 11.7. The van der Waals surface area contributed by atoms with Crippen LogP contribution in [0, 0.1) is 0 Å². The summed E-state index contributed by atoms with van der Waals surface area (Å²) in [5.41, 5.74) is -0.237. The van der Waals surface area contributed by atoms with E-state index in [1.165, 1.54) is 17.7 Å². The first-order valence-electron chi connectivity index (χ1n) is 10.8. The van der Waals surface area contributed by atoms with E-state index in [2.05, 4.69) is 25.5 Å². The zero-order valence-corrected chi connectivity index (χ0v) is 19.7. The molecule has 0 atom stereocenters. The Labute approximate surface area is 201 Å². The molecule has 35 heavy (non-hydrogen) atoms. The van der Waals surface area contributed by atoms with Crippen LogP contribution in [0.15, 0.2) is 71.3 Å². The van der Waals surface area contributed by atoms with Gasteiger partial charge in [-0.2, -0.15) is 0 Å². The monoisotopic (exact) mass is 472 g/mol. The number of benzene rings is 2. The highest BCUT2D eigenvalue weighted by atomic mass is 16.5. The maximum Gasteiger partial charge on any atom is 0.341 e. The minimum atomic E-state index is -0.624. The Morgan fingerprint density at radius 3 is 2.43 bits per heavy atom. The summed E-state index contributed by atoms with van der Waals surface area (Å²) >= 11 is 0. The average Bonchev–Trinajstić information content (AvgIpc) is 3.26. The highest BCUT2D eigenvalue weighted by Gasteiger charge is 2.23. The Morgan fingerprint density at radius 2 is 1.74 bits per heavy atom. The average molecular weight is 473 g/mol. The van der Waals surface area contributed by atoms with Crippen LogP contribution in [0.2, 0.25) is 0 Å². The van der Waals surface area contributed by atoms with E-state index in [9.17, 15) is 14.7 Å². The second-order valence-corrected chi connectivity index (χ2v) is 8.71. The van der Waals surface area contributed by atoms with Crippen molar-refractivity contribution in [1.82, 2.24) is 19.9 Å². The van der Waals surface area contributed by atoms with Crippen molar-refractivity contribution in [2.45, 2.75) is 26.3 Å². The van der Waals surface area contributed by atoms with E-state index in [1.54, 1.807) is 42.9 Å². The van der Waals surface area contributed by atoms with Gasteiger partial charge in [-0.3, -0.25) is 9.36 Å². The molecule has 0 saturated heterocycles. The van der Waals surface area contributed by atoms with Gasteiger partial charge in [0.1, 0.15) is 11.3 Å². The van der Waals surface area contributed by atoms with Crippen LogP contribution in [0.1, 0.15) is 41.5 Å².